The first kappa shape index (κ1) is 6.29. The second-order valence-corrected chi connectivity index (χ2v) is 0.933. The zero-order chi connectivity index (χ0) is 5.86. The number of hydrogen-bond donors (Lipinski definition) is 2. The van der Waals surface area contributed by atoms with Crippen LogP contribution in [0, 0.1) is 5.21 Å². The molecule has 0 aliphatic carbocycles. The zero-order valence-electron chi connectivity index (χ0n) is 3.68. The summed E-state index contributed by atoms with van der Waals surface area (Å²) < 4.78 is 0. The van der Waals surface area contributed by atoms with Crippen molar-refractivity contribution >= 4 is 5.91 Å². The largest absolute Gasteiger partial charge is 0.606 e. The molecule has 0 aliphatic rings. The topological polar surface area (TPSA) is 70.6 Å². The fourth-order valence-electron chi connectivity index (χ4n) is 0.101. The minimum atomic E-state index is -0.963. The smallest absolute Gasteiger partial charge is 0.355 e. The van der Waals surface area contributed by atoms with E-state index >= 15 is 0 Å². The van der Waals surface area contributed by atoms with Gasteiger partial charge in [0.2, 0.25) is 0 Å². The molecule has 0 radical (unpaired) electrons. The molecule has 0 aliphatic heterocycles. The molecule has 1 atom stereocenters. The lowest BCUT2D eigenvalue weighted by molar-refractivity contribution is -0.774. The highest BCUT2D eigenvalue weighted by Gasteiger charge is 1.95. The van der Waals surface area contributed by atoms with E-state index in [1.807, 2.05) is 0 Å². The van der Waals surface area contributed by atoms with E-state index < -0.39 is 11.1 Å². The van der Waals surface area contributed by atoms with Gasteiger partial charge in [-0.05, 0) is 0 Å². The van der Waals surface area contributed by atoms with Gasteiger partial charge in [-0.15, -0.1) is 0 Å². The minimum absolute atomic E-state index is 0.750. The van der Waals surface area contributed by atoms with Crippen molar-refractivity contribution in [2.24, 2.45) is 5.84 Å². The van der Waals surface area contributed by atoms with Gasteiger partial charge in [0.05, 0.1) is 0 Å². The molecule has 3 N–H and O–H groups in total. The summed E-state index contributed by atoms with van der Waals surface area (Å²) in [5.74, 6) is 3.74. The standard InChI is InChI=1S/C3H6N2O2/c1-2-3(6)5(4)7/h2,5H,1,4H2. The molecule has 4 heteroatoms. The van der Waals surface area contributed by atoms with Crippen LogP contribution in [-0.4, -0.2) is 5.91 Å². The summed E-state index contributed by atoms with van der Waals surface area (Å²) >= 11 is 0. The number of carbonyl (C=O) groups is 1. The van der Waals surface area contributed by atoms with E-state index in [4.69, 9.17) is 0 Å². The molecule has 40 valence electrons. The summed E-state index contributed by atoms with van der Waals surface area (Å²) in [5, 5.41) is 8.77. The Morgan fingerprint density at radius 3 is 2.43 bits per heavy atom. The Bertz CT molecular complexity index is 88.9. The van der Waals surface area contributed by atoms with Crippen LogP contribution in [0.25, 0.3) is 0 Å². The molecule has 0 aromatic carbocycles. The molecular formula is C3H6N2O2. The van der Waals surface area contributed by atoms with Gasteiger partial charge in [0.25, 0.3) is 0 Å². The van der Waals surface area contributed by atoms with E-state index in [9.17, 15) is 10.0 Å². The van der Waals surface area contributed by atoms with Crippen LogP contribution in [0.3, 0.4) is 0 Å². The maximum atomic E-state index is 9.92. The quantitative estimate of drug-likeness (QED) is 0.173. The van der Waals surface area contributed by atoms with Gasteiger partial charge < -0.3 is 5.21 Å². The van der Waals surface area contributed by atoms with Gasteiger partial charge in [-0.1, -0.05) is 6.58 Å². The predicted octanol–water partition coefficient (Wildman–Crippen LogP) is -2.04. The lowest BCUT2D eigenvalue weighted by Crippen LogP contribution is -3.15. The van der Waals surface area contributed by atoms with Gasteiger partial charge in [0.1, 0.15) is 0 Å². The van der Waals surface area contributed by atoms with E-state index in [0.29, 0.717) is 0 Å². The molecule has 0 saturated heterocycles. The normalized spacial score (nSPS) is 12.9. The molecule has 0 heterocycles. The number of nitrogens with two attached hydrogens (primary N) is 1. The summed E-state index contributed by atoms with van der Waals surface area (Å²) in [6, 6.07) is 0. The number of amides is 1. The van der Waals surface area contributed by atoms with Crippen LogP contribution >= 0.6 is 0 Å². The fraction of sp³-hybridized carbons (Fsp3) is 0. The summed E-state index contributed by atoms with van der Waals surface area (Å²) in [4.78, 5) is 9.92. The van der Waals surface area contributed by atoms with Crippen molar-refractivity contribution in [2.45, 2.75) is 0 Å². The second-order valence-electron chi connectivity index (χ2n) is 0.933. The average Bonchev–Trinajstić information content (AvgIpc) is 1.65. The van der Waals surface area contributed by atoms with Crippen LogP contribution in [0.2, 0.25) is 0 Å². The van der Waals surface area contributed by atoms with Crippen molar-refractivity contribution in [3.8, 4) is 0 Å². The molecule has 0 rings (SSSR count). The summed E-state index contributed by atoms with van der Waals surface area (Å²) in [6.07, 6.45) is 0.877. The zero-order valence-corrected chi connectivity index (χ0v) is 3.68. The van der Waals surface area contributed by atoms with Crippen molar-refractivity contribution in [2.75, 3.05) is 0 Å². The van der Waals surface area contributed by atoms with Crippen LogP contribution in [0.1, 0.15) is 0 Å². The van der Waals surface area contributed by atoms with Crippen LogP contribution < -0.4 is 11.0 Å². The number of carbonyl (C=O) groups excluding carboxylic acids is 1. The highest BCUT2D eigenvalue weighted by molar-refractivity contribution is 5.78. The highest BCUT2D eigenvalue weighted by Crippen LogP contribution is 1.49. The summed E-state index contributed by atoms with van der Waals surface area (Å²) in [7, 11) is 0. The summed E-state index contributed by atoms with van der Waals surface area (Å²) in [6.45, 7) is 3.03. The number of quaternary nitrogens is 1. The number of hydrogen-bond acceptors (Lipinski definition) is 3. The molecule has 0 bridgehead atoms. The van der Waals surface area contributed by atoms with E-state index in [2.05, 4.69) is 12.4 Å². The van der Waals surface area contributed by atoms with Gasteiger partial charge >= 0.3 is 5.91 Å². The first-order chi connectivity index (χ1) is 3.18. The number of hydroxylamine groups is 1. The van der Waals surface area contributed by atoms with E-state index in [1.54, 1.807) is 0 Å². The van der Waals surface area contributed by atoms with Gasteiger partial charge in [0.15, 0.2) is 0 Å². The molecule has 0 fully saturated rings. The maximum Gasteiger partial charge on any atom is 0.355 e. The average molecular weight is 102 g/mol. The van der Waals surface area contributed by atoms with Crippen LogP contribution in [0.15, 0.2) is 12.7 Å². The van der Waals surface area contributed by atoms with E-state index in [1.165, 1.54) is 0 Å². The van der Waals surface area contributed by atoms with Crippen molar-refractivity contribution in [3.63, 3.8) is 0 Å². The molecule has 4 nitrogen and oxygen atoms in total. The molecule has 1 unspecified atom stereocenters. The minimum Gasteiger partial charge on any atom is -0.606 e. The third-order valence-corrected chi connectivity index (χ3v) is 0.428. The molecule has 7 heavy (non-hydrogen) atoms. The summed E-state index contributed by atoms with van der Waals surface area (Å²) in [5.41, 5.74) is 0. The third kappa shape index (κ3) is 2.05. The molecule has 0 spiro atoms. The molecule has 0 aromatic heterocycles. The molecule has 1 amide bonds. The Morgan fingerprint density at radius 1 is 2.00 bits per heavy atom. The van der Waals surface area contributed by atoms with Gasteiger partial charge in [-0.25, -0.2) is 9.97 Å². The fourth-order valence-corrected chi connectivity index (χ4v) is 0.101. The molecule has 0 aromatic rings. The highest BCUT2D eigenvalue weighted by atomic mass is 16.5. The Kier molecular flexibility index (Phi) is 2.21. The Hall–Kier alpha value is -0.710. The maximum absolute atomic E-state index is 9.92. The van der Waals surface area contributed by atoms with Gasteiger partial charge in [-0.3, -0.25) is 0 Å². The SMILES string of the molecule is C=CC(=O)[NH+](N)[O-]. The predicted molar refractivity (Wildman–Crippen MR) is 23.7 cm³/mol. The van der Waals surface area contributed by atoms with Crippen LogP contribution in [-0.2, 0) is 4.79 Å². The van der Waals surface area contributed by atoms with Gasteiger partial charge in [-0.2, -0.15) is 5.84 Å². The Labute approximate surface area is 40.8 Å². The third-order valence-electron chi connectivity index (χ3n) is 0.428. The Balaban J connectivity index is 3.56. The van der Waals surface area contributed by atoms with Crippen molar-refractivity contribution in [1.82, 2.24) is 0 Å². The number of nitrogens with one attached hydrogen (secondary N) is 1. The van der Waals surface area contributed by atoms with E-state index in [0.717, 1.165) is 6.08 Å². The van der Waals surface area contributed by atoms with Crippen molar-refractivity contribution in [3.05, 3.63) is 17.9 Å². The second kappa shape index (κ2) is 2.46. The first-order valence-corrected chi connectivity index (χ1v) is 1.64. The van der Waals surface area contributed by atoms with E-state index in [-0.39, 0.29) is 0 Å². The lowest BCUT2D eigenvalue weighted by Gasteiger charge is -2.06. The lowest BCUT2D eigenvalue weighted by atomic mass is 10.6. The van der Waals surface area contributed by atoms with Crippen molar-refractivity contribution in [1.29, 1.82) is 0 Å². The van der Waals surface area contributed by atoms with Crippen LogP contribution in [0.4, 0.5) is 0 Å². The Morgan fingerprint density at radius 2 is 2.43 bits per heavy atom. The number of rotatable bonds is 1. The molecule has 0 saturated carbocycles. The first-order valence-electron chi connectivity index (χ1n) is 1.64. The monoisotopic (exact) mass is 102 g/mol. The van der Waals surface area contributed by atoms with Gasteiger partial charge in [0, 0.05) is 6.08 Å². The van der Waals surface area contributed by atoms with Crippen molar-refractivity contribution < 1.29 is 9.97 Å². The van der Waals surface area contributed by atoms with Crippen LogP contribution in [0.5, 0.6) is 0 Å². The molecular weight excluding hydrogens is 96.0 g/mol.